The van der Waals surface area contributed by atoms with E-state index in [1.54, 1.807) is 14.2 Å². The fraction of sp³-hybridized carbons (Fsp3) is 0.200. The highest BCUT2D eigenvalue weighted by Gasteiger charge is 2.16. The summed E-state index contributed by atoms with van der Waals surface area (Å²) in [5, 5.41) is 0. The number of hydrogen-bond donors (Lipinski definition) is 0. The Morgan fingerprint density at radius 1 is 1.00 bits per heavy atom. The fourth-order valence-electron chi connectivity index (χ4n) is 2.80. The Hall–Kier alpha value is -2.68. The van der Waals surface area contributed by atoms with Crippen molar-refractivity contribution >= 4 is 17.8 Å². The van der Waals surface area contributed by atoms with Gasteiger partial charge in [-0.15, -0.1) is 0 Å². The van der Waals surface area contributed by atoms with Crippen LogP contribution in [0.4, 0.5) is 5.69 Å². The third-order valence-corrected chi connectivity index (χ3v) is 4.13. The van der Waals surface area contributed by atoms with Crippen LogP contribution in [0.3, 0.4) is 0 Å². The number of hydrogen-bond acceptors (Lipinski definition) is 3. The number of fused-ring (bicyclic) bond motifs is 1. The Morgan fingerprint density at radius 3 is 2.57 bits per heavy atom. The maximum absolute atomic E-state index is 5.35. The van der Waals surface area contributed by atoms with Crippen LogP contribution in [0.1, 0.15) is 11.1 Å². The second kappa shape index (κ2) is 6.61. The smallest absolute Gasteiger partial charge is 0.161 e. The SMILES string of the molecule is COc1ccc(/C=C/[C@@H]2C=Cc3ccccc3N2C)cc1OC. The summed E-state index contributed by atoms with van der Waals surface area (Å²) in [6.45, 7) is 0. The zero-order chi connectivity index (χ0) is 16.2. The fourth-order valence-corrected chi connectivity index (χ4v) is 2.80. The summed E-state index contributed by atoms with van der Waals surface area (Å²) >= 11 is 0. The Kier molecular flexibility index (Phi) is 4.38. The average Bonchev–Trinajstić information content (AvgIpc) is 2.61. The molecule has 0 saturated carbocycles. The maximum atomic E-state index is 5.35. The molecule has 1 aliphatic heterocycles. The zero-order valence-corrected chi connectivity index (χ0v) is 13.7. The number of benzene rings is 2. The number of nitrogens with zero attached hydrogens (tertiary/aromatic N) is 1. The van der Waals surface area contributed by atoms with Crippen molar-refractivity contribution in [2.75, 3.05) is 26.2 Å². The van der Waals surface area contributed by atoms with Gasteiger partial charge in [0.1, 0.15) is 0 Å². The molecule has 0 radical (unpaired) electrons. The van der Waals surface area contributed by atoms with Crippen molar-refractivity contribution in [1.29, 1.82) is 0 Å². The number of methoxy groups -OCH3 is 2. The van der Waals surface area contributed by atoms with E-state index in [0.29, 0.717) is 0 Å². The Morgan fingerprint density at radius 2 is 1.78 bits per heavy atom. The van der Waals surface area contributed by atoms with Crippen LogP contribution in [-0.4, -0.2) is 27.3 Å². The molecule has 0 aromatic heterocycles. The van der Waals surface area contributed by atoms with Crippen molar-refractivity contribution in [3.63, 3.8) is 0 Å². The van der Waals surface area contributed by atoms with Crippen molar-refractivity contribution in [2.45, 2.75) is 6.04 Å². The molecule has 0 saturated heterocycles. The lowest BCUT2D eigenvalue weighted by molar-refractivity contribution is 0.355. The molecule has 0 fully saturated rings. The first-order chi connectivity index (χ1) is 11.2. The summed E-state index contributed by atoms with van der Waals surface area (Å²) in [7, 11) is 5.42. The number of ether oxygens (including phenoxy) is 2. The molecular formula is C20H21NO2. The molecular weight excluding hydrogens is 286 g/mol. The van der Waals surface area contributed by atoms with Crippen LogP contribution in [-0.2, 0) is 0 Å². The Bertz CT molecular complexity index is 749. The van der Waals surface area contributed by atoms with Crippen LogP contribution in [0.25, 0.3) is 12.2 Å². The van der Waals surface area contributed by atoms with Crippen LogP contribution in [0.5, 0.6) is 11.5 Å². The van der Waals surface area contributed by atoms with Crippen molar-refractivity contribution in [3.8, 4) is 11.5 Å². The highest BCUT2D eigenvalue weighted by molar-refractivity contribution is 5.73. The molecule has 3 nitrogen and oxygen atoms in total. The molecule has 3 heteroatoms. The van der Waals surface area contributed by atoms with E-state index in [0.717, 1.165) is 17.1 Å². The molecule has 118 valence electrons. The van der Waals surface area contributed by atoms with Gasteiger partial charge in [-0.3, -0.25) is 0 Å². The van der Waals surface area contributed by atoms with E-state index in [4.69, 9.17) is 9.47 Å². The number of anilines is 1. The van der Waals surface area contributed by atoms with Crippen molar-refractivity contribution in [2.24, 2.45) is 0 Å². The molecule has 1 aliphatic rings. The lowest BCUT2D eigenvalue weighted by atomic mass is 10.0. The van der Waals surface area contributed by atoms with Crippen molar-refractivity contribution in [1.82, 2.24) is 0 Å². The van der Waals surface area contributed by atoms with Gasteiger partial charge in [-0.25, -0.2) is 0 Å². The van der Waals surface area contributed by atoms with Crippen molar-refractivity contribution in [3.05, 3.63) is 65.7 Å². The quantitative estimate of drug-likeness (QED) is 0.843. The molecule has 0 N–H and O–H groups in total. The molecule has 1 atom stereocenters. The van der Waals surface area contributed by atoms with Crippen LogP contribution in [0, 0.1) is 0 Å². The van der Waals surface area contributed by atoms with Crippen LogP contribution >= 0.6 is 0 Å². The number of likely N-dealkylation sites (N-methyl/N-ethyl adjacent to an activating group) is 1. The largest absolute Gasteiger partial charge is 0.493 e. The minimum atomic E-state index is 0.234. The summed E-state index contributed by atoms with van der Waals surface area (Å²) in [4.78, 5) is 2.27. The molecule has 2 aromatic carbocycles. The van der Waals surface area contributed by atoms with Gasteiger partial charge in [-0.2, -0.15) is 0 Å². The molecule has 1 heterocycles. The van der Waals surface area contributed by atoms with Gasteiger partial charge in [0.05, 0.1) is 20.3 Å². The second-order valence-corrected chi connectivity index (χ2v) is 5.49. The lowest BCUT2D eigenvalue weighted by Crippen LogP contribution is -2.30. The minimum Gasteiger partial charge on any atom is -0.493 e. The van der Waals surface area contributed by atoms with Gasteiger partial charge in [0, 0.05) is 12.7 Å². The normalized spacial score (nSPS) is 16.5. The summed E-state index contributed by atoms with van der Waals surface area (Å²) in [6.07, 6.45) is 8.69. The highest BCUT2D eigenvalue weighted by Crippen LogP contribution is 2.30. The topological polar surface area (TPSA) is 21.7 Å². The zero-order valence-electron chi connectivity index (χ0n) is 13.7. The van der Waals surface area contributed by atoms with E-state index in [9.17, 15) is 0 Å². The van der Waals surface area contributed by atoms with E-state index < -0.39 is 0 Å². The Balaban J connectivity index is 1.81. The lowest BCUT2D eigenvalue weighted by Gasteiger charge is -2.30. The van der Waals surface area contributed by atoms with Gasteiger partial charge in [0.2, 0.25) is 0 Å². The van der Waals surface area contributed by atoms with E-state index >= 15 is 0 Å². The van der Waals surface area contributed by atoms with Gasteiger partial charge in [0.25, 0.3) is 0 Å². The molecule has 0 aliphatic carbocycles. The van der Waals surface area contributed by atoms with Crippen LogP contribution < -0.4 is 14.4 Å². The van der Waals surface area contributed by atoms with Gasteiger partial charge in [0.15, 0.2) is 11.5 Å². The number of rotatable bonds is 4. The summed E-state index contributed by atoms with van der Waals surface area (Å²) in [6, 6.07) is 14.6. The third-order valence-electron chi connectivity index (χ3n) is 4.13. The predicted octanol–water partition coefficient (Wildman–Crippen LogP) is 4.25. The molecule has 0 spiro atoms. The van der Waals surface area contributed by atoms with Gasteiger partial charge < -0.3 is 14.4 Å². The second-order valence-electron chi connectivity index (χ2n) is 5.49. The third kappa shape index (κ3) is 3.09. The Labute approximate surface area is 137 Å². The van der Waals surface area contributed by atoms with E-state index in [1.165, 1.54) is 11.3 Å². The van der Waals surface area contributed by atoms with Gasteiger partial charge >= 0.3 is 0 Å². The predicted molar refractivity (Wildman–Crippen MR) is 96.2 cm³/mol. The first kappa shape index (κ1) is 15.2. The first-order valence-electron chi connectivity index (χ1n) is 7.63. The summed E-state index contributed by atoms with van der Waals surface area (Å²) in [5.41, 5.74) is 3.59. The van der Waals surface area contributed by atoms with E-state index in [1.807, 2.05) is 18.2 Å². The standard InChI is InChI=1S/C20H21NO2/c1-21-17(12-10-16-6-4-5-7-18(16)21)11-8-15-9-13-19(22-2)20(14-15)23-3/h4-14,17H,1-3H3/b11-8+/t17-/m1/s1. The summed E-state index contributed by atoms with van der Waals surface area (Å²) in [5.74, 6) is 1.49. The molecule has 0 amide bonds. The molecule has 3 rings (SSSR count). The first-order valence-corrected chi connectivity index (χ1v) is 7.63. The minimum absolute atomic E-state index is 0.234. The average molecular weight is 307 g/mol. The van der Waals surface area contributed by atoms with E-state index in [-0.39, 0.29) is 6.04 Å². The summed E-state index contributed by atoms with van der Waals surface area (Å²) < 4.78 is 10.6. The highest BCUT2D eigenvalue weighted by atomic mass is 16.5. The van der Waals surface area contributed by atoms with Crippen LogP contribution in [0.15, 0.2) is 54.6 Å². The molecule has 23 heavy (non-hydrogen) atoms. The molecule has 2 aromatic rings. The number of para-hydroxylation sites is 1. The monoisotopic (exact) mass is 307 g/mol. The van der Waals surface area contributed by atoms with E-state index in [2.05, 4.69) is 60.5 Å². The van der Waals surface area contributed by atoms with Crippen LogP contribution in [0.2, 0.25) is 0 Å². The van der Waals surface area contributed by atoms with Gasteiger partial charge in [-0.1, -0.05) is 48.6 Å². The maximum Gasteiger partial charge on any atom is 0.161 e. The molecule has 0 bridgehead atoms. The van der Waals surface area contributed by atoms with Crippen molar-refractivity contribution < 1.29 is 9.47 Å². The molecule has 0 unspecified atom stereocenters. The van der Waals surface area contributed by atoms with Gasteiger partial charge in [-0.05, 0) is 29.3 Å².